The van der Waals surface area contributed by atoms with Gasteiger partial charge in [-0.1, -0.05) is 24.3 Å². The summed E-state index contributed by atoms with van der Waals surface area (Å²) < 4.78 is 7.15. The van der Waals surface area contributed by atoms with E-state index in [-0.39, 0.29) is 5.91 Å². The van der Waals surface area contributed by atoms with Gasteiger partial charge in [-0.3, -0.25) is 4.79 Å². The fourth-order valence-electron chi connectivity index (χ4n) is 3.58. The Morgan fingerprint density at radius 3 is 2.71 bits per heavy atom. The first-order valence-electron chi connectivity index (χ1n) is 9.36. The molecule has 1 aliphatic heterocycles. The summed E-state index contributed by atoms with van der Waals surface area (Å²) in [5.74, 6) is 0.661. The number of fused-ring (bicyclic) bond motifs is 1. The number of carbonyl (C=O) groups excluding carboxylic acids is 1. The molecule has 6 heteroatoms. The number of para-hydroxylation sites is 1. The molecule has 1 aliphatic rings. The number of ether oxygens (including phenoxy) is 1. The molecule has 3 aromatic rings. The molecular weight excluding hydrogens is 352 g/mol. The van der Waals surface area contributed by atoms with Gasteiger partial charge < -0.3 is 14.5 Å². The Morgan fingerprint density at radius 1 is 1.07 bits per heavy atom. The number of amides is 1. The average molecular weight is 376 g/mol. The van der Waals surface area contributed by atoms with Gasteiger partial charge in [-0.15, -0.1) is 0 Å². The minimum absolute atomic E-state index is 0.0597. The highest BCUT2D eigenvalue weighted by atomic mass is 16.5. The van der Waals surface area contributed by atoms with Crippen LogP contribution in [0.25, 0.3) is 5.69 Å². The van der Waals surface area contributed by atoms with E-state index < -0.39 is 0 Å². The summed E-state index contributed by atoms with van der Waals surface area (Å²) in [6.45, 7) is 4.05. The van der Waals surface area contributed by atoms with Gasteiger partial charge in [0.05, 0.1) is 7.11 Å². The fourth-order valence-corrected chi connectivity index (χ4v) is 3.58. The predicted octanol–water partition coefficient (Wildman–Crippen LogP) is 3.28. The Morgan fingerprint density at radius 2 is 1.89 bits per heavy atom. The highest BCUT2D eigenvalue weighted by Crippen LogP contribution is 2.26. The summed E-state index contributed by atoms with van der Waals surface area (Å²) in [5, 5.41) is 4.54. The van der Waals surface area contributed by atoms with Gasteiger partial charge in [0.2, 0.25) is 0 Å². The van der Waals surface area contributed by atoms with Crippen LogP contribution in [0.4, 0.5) is 5.69 Å². The Bertz CT molecular complexity index is 1010. The zero-order valence-corrected chi connectivity index (χ0v) is 16.4. The second-order valence-electron chi connectivity index (χ2n) is 7.10. The molecule has 6 nitrogen and oxygen atoms in total. The molecule has 2 heterocycles. The van der Waals surface area contributed by atoms with Crippen LogP contribution in [0, 0.1) is 6.92 Å². The van der Waals surface area contributed by atoms with Gasteiger partial charge in [0.25, 0.3) is 5.91 Å². The summed E-state index contributed by atoms with van der Waals surface area (Å²) >= 11 is 0. The van der Waals surface area contributed by atoms with Crippen molar-refractivity contribution < 1.29 is 9.53 Å². The molecule has 0 aliphatic carbocycles. The van der Waals surface area contributed by atoms with Gasteiger partial charge in [-0.2, -0.15) is 5.10 Å². The summed E-state index contributed by atoms with van der Waals surface area (Å²) in [5.41, 5.74) is 4.68. The number of hydrogen-bond donors (Lipinski definition) is 0. The Kier molecular flexibility index (Phi) is 4.77. The van der Waals surface area contributed by atoms with Crippen LogP contribution < -0.4 is 9.64 Å². The van der Waals surface area contributed by atoms with E-state index in [4.69, 9.17) is 4.74 Å². The van der Waals surface area contributed by atoms with Crippen molar-refractivity contribution in [2.45, 2.75) is 13.5 Å². The first kappa shape index (κ1) is 18.1. The maximum atomic E-state index is 13.1. The van der Waals surface area contributed by atoms with Crippen molar-refractivity contribution in [3.8, 4) is 11.4 Å². The highest BCUT2D eigenvalue weighted by Gasteiger charge is 2.24. The second kappa shape index (κ2) is 7.38. The third-order valence-corrected chi connectivity index (χ3v) is 5.15. The van der Waals surface area contributed by atoms with E-state index in [9.17, 15) is 4.79 Å². The monoisotopic (exact) mass is 376 g/mol. The van der Waals surface area contributed by atoms with Crippen LogP contribution in [-0.2, 0) is 6.54 Å². The summed E-state index contributed by atoms with van der Waals surface area (Å²) in [6.07, 6.45) is 1.81. The zero-order valence-electron chi connectivity index (χ0n) is 16.4. The molecule has 0 unspecified atom stereocenters. The maximum Gasteiger partial charge on any atom is 0.274 e. The van der Waals surface area contributed by atoms with E-state index in [0.29, 0.717) is 18.8 Å². The number of carbonyl (C=O) groups is 1. The maximum absolute atomic E-state index is 13.1. The van der Waals surface area contributed by atoms with Gasteiger partial charge in [-0.25, -0.2) is 4.68 Å². The first-order valence-corrected chi connectivity index (χ1v) is 9.36. The van der Waals surface area contributed by atoms with Crippen LogP contribution in [0.3, 0.4) is 0 Å². The third kappa shape index (κ3) is 3.33. The van der Waals surface area contributed by atoms with Crippen molar-refractivity contribution in [2.75, 3.05) is 32.1 Å². The molecule has 2 aromatic carbocycles. The van der Waals surface area contributed by atoms with E-state index in [2.05, 4.69) is 29.2 Å². The van der Waals surface area contributed by atoms with Crippen molar-refractivity contribution in [2.24, 2.45) is 0 Å². The average Bonchev–Trinajstić information content (AvgIpc) is 3.14. The quantitative estimate of drug-likeness (QED) is 0.704. The number of rotatable bonds is 3. The molecule has 1 aromatic heterocycles. The van der Waals surface area contributed by atoms with E-state index in [1.807, 2.05) is 48.4 Å². The lowest BCUT2D eigenvalue weighted by atomic mass is 10.1. The van der Waals surface area contributed by atoms with Crippen LogP contribution >= 0.6 is 0 Å². The number of nitrogens with zero attached hydrogens (tertiary/aromatic N) is 4. The molecule has 0 atom stereocenters. The largest absolute Gasteiger partial charge is 0.494 e. The number of benzene rings is 2. The van der Waals surface area contributed by atoms with E-state index in [1.165, 1.54) is 5.69 Å². The van der Waals surface area contributed by atoms with Gasteiger partial charge in [-0.05, 0) is 42.3 Å². The molecule has 0 spiro atoms. The molecule has 0 saturated heterocycles. The van der Waals surface area contributed by atoms with Crippen molar-refractivity contribution in [3.63, 3.8) is 0 Å². The predicted molar refractivity (Wildman–Crippen MR) is 109 cm³/mol. The van der Waals surface area contributed by atoms with Crippen molar-refractivity contribution in [1.29, 1.82) is 0 Å². The molecule has 0 saturated carbocycles. The number of aryl methyl sites for hydroxylation is 1. The summed E-state index contributed by atoms with van der Waals surface area (Å²) in [4.78, 5) is 17.2. The smallest absolute Gasteiger partial charge is 0.274 e. The normalized spacial score (nSPS) is 13.8. The molecule has 4 rings (SSSR count). The van der Waals surface area contributed by atoms with Gasteiger partial charge in [0.15, 0.2) is 5.69 Å². The minimum atomic E-state index is -0.0597. The minimum Gasteiger partial charge on any atom is -0.494 e. The zero-order chi connectivity index (χ0) is 19.7. The lowest BCUT2D eigenvalue weighted by molar-refractivity contribution is 0.0745. The number of aromatic nitrogens is 2. The Hall–Kier alpha value is -3.28. The van der Waals surface area contributed by atoms with Crippen molar-refractivity contribution in [3.05, 3.63) is 71.5 Å². The molecule has 0 N–H and O–H groups in total. The molecule has 0 fully saturated rings. The lowest BCUT2D eigenvalue weighted by Crippen LogP contribution is -2.34. The first-order chi connectivity index (χ1) is 13.6. The SMILES string of the molecule is COc1ccc(C)cc1-n1ccc(C(=O)N2CCN(C)c3ccccc3C2)n1. The Labute approximate surface area is 164 Å². The molecule has 28 heavy (non-hydrogen) atoms. The molecule has 0 radical (unpaired) electrons. The van der Waals surface area contributed by atoms with Crippen LogP contribution in [0.1, 0.15) is 21.6 Å². The van der Waals surface area contributed by atoms with E-state index in [0.717, 1.165) is 29.1 Å². The molecule has 1 amide bonds. The summed E-state index contributed by atoms with van der Waals surface area (Å²) in [7, 11) is 3.69. The van der Waals surface area contributed by atoms with E-state index in [1.54, 1.807) is 17.9 Å². The molecular formula is C22H24N4O2. The topological polar surface area (TPSA) is 50.6 Å². The van der Waals surface area contributed by atoms with Gasteiger partial charge in [0, 0.05) is 38.6 Å². The lowest BCUT2D eigenvalue weighted by Gasteiger charge is -2.20. The fraction of sp³-hybridized carbons (Fsp3) is 0.273. The van der Waals surface area contributed by atoms with Crippen molar-refractivity contribution >= 4 is 11.6 Å². The van der Waals surface area contributed by atoms with Crippen LogP contribution in [-0.4, -0.2) is 47.8 Å². The summed E-state index contributed by atoms with van der Waals surface area (Å²) in [6, 6.07) is 15.9. The molecule has 0 bridgehead atoms. The van der Waals surface area contributed by atoms with Crippen molar-refractivity contribution in [1.82, 2.24) is 14.7 Å². The highest BCUT2D eigenvalue weighted by molar-refractivity contribution is 5.92. The van der Waals surface area contributed by atoms with Gasteiger partial charge >= 0.3 is 0 Å². The van der Waals surface area contributed by atoms with Crippen LogP contribution in [0.2, 0.25) is 0 Å². The molecule has 144 valence electrons. The Balaban J connectivity index is 1.61. The standard InChI is InChI=1S/C22H24N4O2/c1-16-8-9-21(28-3)20(14-16)26-11-10-18(23-26)22(27)25-13-12-24(2)19-7-5-4-6-17(19)15-25/h4-11,14H,12-13,15H2,1-3H3. The number of methoxy groups -OCH3 is 1. The van der Waals surface area contributed by atoms with Gasteiger partial charge in [0.1, 0.15) is 11.4 Å². The van der Waals surface area contributed by atoms with Crippen LogP contribution in [0.15, 0.2) is 54.7 Å². The second-order valence-corrected chi connectivity index (χ2v) is 7.10. The third-order valence-electron chi connectivity index (χ3n) is 5.15. The number of likely N-dealkylation sites (N-methyl/N-ethyl adjacent to an activating group) is 1. The number of hydrogen-bond acceptors (Lipinski definition) is 4. The number of anilines is 1. The van der Waals surface area contributed by atoms with E-state index >= 15 is 0 Å². The van der Waals surface area contributed by atoms with Crippen LogP contribution in [0.5, 0.6) is 5.75 Å².